The maximum absolute atomic E-state index is 13.9. The standard InChI is InChI=1S/C15H21FN2O/c1-3-18-12(2)14-8-7-13(11-15(14)16)19-10-6-4-5-9-17/h7-8,11-12,18H,3-6,10H2,1-2H3. The monoisotopic (exact) mass is 264 g/mol. The van der Waals surface area contributed by atoms with E-state index >= 15 is 0 Å². The summed E-state index contributed by atoms with van der Waals surface area (Å²) >= 11 is 0. The summed E-state index contributed by atoms with van der Waals surface area (Å²) in [6.45, 7) is 5.25. The van der Waals surface area contributed by atoms with Gasteiger partial charge < -0.3 is 10.1 Å². The van der Waals surface area contributed by atoms with Gasteiger partial charge in [-0.3, -0.25) is 0 Å². The molecule has 104 valence electrons. The average Bonchev–Trinajstić information content (AvgIpc) is 2.39. The molecule has 0 aliphatic rings. The van der Waals surface area contributed by atoms with Crippen molar-refractivity contribution in [2.75, 3.05) is 13.2 Å². The molecule has 1 N–H and O–H groups in total. The van der Waals surface area contributed by atoms with Gasteiger partial charge in [-0.15, -0.1) is 0 Å². The van der Waals surface area contributed by atoms with E-state index in [1.165, 1.54) is 6.07 Å². The third-order valence-electron chi connectivity index (χ3n) is 2.90. The molecule has 0 aromatic heterocycles. The van der Waals surface area contributed by atoms with Crippen LogP contribution in [0.3, 0.4) is 0 Å². The molecule has 0 bridgehead atoms. The van der Waals surface area contributed by atoms with Crippen LogP contribution in [0.2, 0.25) is 0 Å². The Labute approximate surface area is 114 Å². The number of hydrogen-bond donors (Lipinski definition) is 1. The molecule has 4 heteroatoms. The second kappa shape index (κ2) is 8.49. The van der Waals surface area contributed by atoms with Gasteiger partial charge in [0, 0.05) is 24.1 Å². The van der Waals surface area contributed by atoms with E-state index in [1.807, 2.05) is 13.8 Å². The second-order valence-corrected chi connectivity index (χ2v) is 4.43. The van der Waals surface area contributed by atoms with Crippen LogP contribution in [0.25, 0.3) is 0 Å². The molecule has 1 atom stereocenters. The van der Waals surface area contributed by atoms with E-state index in [0.29, 0.717) is 24.3 Å². The maximum Gasteiger partial charge on any atom is 0.131 e. The lowest BCUT2D eigenvalue weighted by atomic mass is 10.1. The Morgan fingerprint density at radius 3 is 2.84 bits per heavy atom. The summed E-state index contributed by atoms with van der Waals surface area (Å²) in [4.78, 5) is 0. The Morgan fingerprint density at radius 2 is 2.21 bits per heavy atom. The van der Waals surface area contributed by atoms with Crippen LogP contribution >= 0.6 is 0 Å². The van der Waals surface area contributed by atoms with Gasteiger partial charge in [0.05, 0.1) is 12.7 Å². The van der Waals surface area contributed by atoms with Gasteiger partial charge in [0.2, 0.25) is 0 Å². The Balaban J connectivity index is 2.50. The lowest BCUT2D eigenvalue weighted by Crippen LogP contribution is -2.18. The van der Waals surface area contributed by atoms with Crippen molar-refractivity contribution < 1.29 is 9.13 Å². The summed E-state index contributed by atoms with van der Waals surface area (Å²) in [6, 6.07) is 7.05. The third kappa shape index (κ3) is 5.27. The van der Waals surface area contributed by atoms with Crippen molar-refractivity contribution >= 4 is 0 Å². The van der Waals surface area contributed by atoms with Gasteiger partial charge in [0.1, 0.15) is 11.6 Å². The second-order valence-electron chi connectivity index (χ2n) is 4.43. The lowest BCUT2D eigenvalue weighted by Gasteiger charge is -2.14. The highest BCUT2D eigenvalue weighted by Crippen LogP contribution is 2.22. The van der Waals surface area contributed by atoms with Crippen LogP contribution in [-0.2, 0) is 0 Å². The fraction of sp³-hybridized carbons (Fsp3) is 0.533. The van der Waals surface area contributed by atoms with Gasteiger partial charge in [-0.25, -0.2) is 4.39 Å². The van der Waals surface area contributed by atoms with Crippen molar-refractivity contribution in [1.82, 2.24) is 5.32 Å². The fourth-order valence-electron chi connectivity index (χ4n) is 1.86. The molecule has 1 rings (SSSR count). The largest absolute Gasteiger partial charge is 0.493 e. The molecule has 1 aromatic carbocycles. The van der Waals surface area contributed by atoms with E-state index in [2.05, 4.69) is 11.4 Å². The fourth-order valence-corrected chi connectivity index (χ4v) is 1.86. The van der Waals surface area contributed by atoms with Crippen molar-refractivity contribution in [1.29, 1.82) is 5.26 Å². The minimum Gasteiger partial charge on any atom is -0.493 e. The van der Waals surface area contributed by atoms with Crippen molar-refractivity contribution in [3.63, 3.8) is 0 Å². The molecule has 3 nitrogen and oxygen atoms in total. The SMILES string of the molecule is CCNC(C)c1ccc(OCCCCC#N)cc1F. The number of nitrogens with zero attached hydrogens (tertiary/aromatic N) is 1. The number of unbranched alkanes of at least 4 members (excludes halogenated alkanes) is 2. The van der Waals surface area contributed by atoms with E-state index in [0.717, 1.165) is 19.4 Å². The average molecular weight is 264 g/mol. The van der Waals surface area contributed by atoms with Gasteiger partial charge in [0.25, 0.3) is 0 Å². The van der Waals surface area contributed by atoms with Crippen LogP contribution in [-0.4, -0.2) is 13.2 Å². The first-order valence-electron chi connectivity index (χ1n) is 6.71. The molecule has 0 saturated carbocycles. The molecular formula is C15H21FN2O. The first kappa shape index (κ1) is 15.5. The molecule has 0 spiro atoms. The van der Waals surface area contributed by atoms with Gasteiger partial charge >= 0.3 is 0 Å². The summed E-state index contributed by atoms with van der Waals surface area (Å²) in [6.07, 6.45) is 2.16. The normalized spacial score (nSPS) is 11.9. The van der Waals surface area contributed by atoms with Crippen molar-refractivity contribution in [2.24, 2.45) is 0 Å². The Hall–Kier alpha value is -1.60. The highest BCUT2D eigenvalue weighted by molar-refractivity contribution is 5.30. The number of nitriles is 1. The van der Waals surface area contributed by atoms with E-state index in [1.54, 1.807) is 12.1 Å². The van der Waals surface area contributed by atoms with E-state index in [9.17, 15) is 4.39 Å². The highest BCUT2D eigenvalue weighted by atomic mass is 19.1. The van der Waals surface area contributed by atoms with Crippen LogP contribution in [0.4, 0.5) is 4.39 Å². The van der Waals surface area contributed by atoms with Crippen LogP contribution in [0.1, 0.15) is 44.7 Å². The van der Waals surface area contributed by atoms with Gasteiger partial charge in [-0.1, -0.05) is 13.0 Å². The predicted molar refractivity (Wildman–Crippen MR) is 73.5 cm³/mol. The predicted octanol–water partition coefficient (Wildman–Crippen LogP) is 3.57. The molecule has 0 aliphatic carbocycles. The summed E-state index contributed by atoms with van der Waals surface area (Å²) in [5.41, 5.74) is 0.652. The summed E-state index contributed by atoms with van der Waals surface area (Å²) < 4.78 is 19.3. The lowest BCUT2D eigenvalue weighted by molar-refractivity contribution is 0.305. The number of benzene rings is 1. The maximum atomic E-state index is 13.9. The number of ether oxygens (including phenoxy) is 1. The van der Waals surface area contributed by atoms with Crippen LogP contribution < -0.4 is 10.1 Å². The number of halogens is 1. The zero-order valence-electron chi connectivity index (χ0n) is 11.6. The van der Waals surface area contributed by atoms with Crippen LogP contribution in [0.15, 0.2) is 18.2 Å². The molecule has 0 aliphatic heterocycles. The molecule has 1 aromatic rings. The van der Waals surface area contributed by atoms with E-state index in [4.69, 9.17) is 10.00 Å². The minimum atomic E-state index is -0.247. The Kier molecular flexibility index (Phi) is 6.91. The van der Waals surface area contributed by atoms with E-state index in [-0.39, 0.29) is 11.9 Å². The Morgan fingerprint density at radius 1 is 1.42 bits per heavy atom. The molecule has 0 radical (unpaired) electrons. The van der Waals surface area contributed by atoms with Crippen molar-refractivity contribution in [2.45, 2.75) is 39.2 Å². The van der Waals surface area contributed by atoms with Crippen LogP contribution in [0, 0.1) is 17.1 Å². The minimum absolute atomic E-state index is 0.00493. The molecule has 0 saturated heterocycles. The first-order valence-corrected chi connectivity index (χ1v) is 6.71. The topological polar surface area (TPSA) is 45.0 Å². The zero-order chi connectivity index (χ0) is 14.1. The Bertz CT molecular complexity index is 429. The summed E-state index contributed by atoms with van der Waals surface area (Å²) in [7, 11) is 0. The molecule has 1 unspecified atom stereocenters. The number of rotatable bonds is 8. The highest BCUT2D eigenvalue weighted by Gasteiger charge is 2.10. The molecule has 0 amide bonds. The molecule has 19 heavy (non-hydrogen) atoms. The van der Waals surface area contributed by atoms with Crippen molar-refractivity contribution in [3.8, 4) is 11.8 Å². The number of hydrogen-bond acceptors (Lipinski definition) is 3. The van der Waals surface area contributed by atoms with Crippen LogP contribution in [0.5, 0.6) is 5.75 Å². The van der Waals surface area contributed by atoms with Crippen molar-refractivity contribution in [3.05, 3.63) is 29.6 Å². The summed E-state index contributed by atoms with van der Waals surface area (Å²) in [5.74, 6) is 0.296. The smallest absolute Gasteiger partial charge is 0.131 e. The third-order valence-corrected chi connectivity index (χ3v) is 2.90. The summed E-state index contributed by atoms with van der Waals surface area (Å²) in [5, 5.41) is 11.6. The zero-order valence-corrected chi connectivity index (χ0v) is 11.6. The molecule has 0 fully saturated rings. The van der Waals surface area contributed by atoms with E-state index < -0.39 is 0 Å². The van der Waals surface area contributed by atoms with Gasteiger partial charge in [-0.2, -0.15) is 5.26 Å². The van der Waals surface area contributed by atoms with Gasteiger partial charge in [-0.05, 0) is 32.4 Å². The number of nitrogens with one attached hydrogen (secondary N) is 1. The van der Waals surface area contributed by atoms with Gasteiger partial charge in [0.15, 0.2) is 0 Å². The molecular weight excluding hydrogens is 243 g/mol. The quantitative estimate of drug-likeness (QED) is 0.730. The molecule has 0 heterocycles. The first-order chi connectivity index (χ1) is 9.19.